The molecule has 0 atom stereocenters. The Morgan fingerprint density at radius 3 is 2.75 bits per heavy atom. The molecule has 28 heavy (non-hydrogen) atoms. The summed E-state index contributed by atoms with van der Waals surface area (Å²) in [5, 5.41) is 11.8. The van der Waals surface area contributed by atoms with Crippen LogP contribution in [-0.2, 0) is 6.54 Å². The minimum Gasteiger partial charge on any atom is -0.341 e. The van der Waals surface area contributed by atoms with E-state index in [1.165, 1.54) is 16.5 Å². The molecular formula is C24H24N4. The zero-order chi connectivity index (χ0) is 19.7. The van der Waals surface area contributed by atoms with E-state index in [0.717, 1.165) is 34.1 Å². The van der Waals surface area contributed by atoms with Crippen LogP contribution in [-0.4, -0.2) is 19.6 Å². The Hall–Kier alpha value is -3.40. The highest BCUT2D eigenvalue weighted by molar-refractivity contribution is 5.81. The molecule has 4 aromatic rings. The summed E-state index contributed by atoms with van der Waals surface area (Å²) in [7, 11) is 0. The van der Waals surface area contributed by atoms with Crippen molar-refractivity contribution in [2.24, 2.45) is 0 Å². The van der Waals surface area contributed by atoms with Crippen LogP contribution >= 0.6 is 0 Å². The molecule has 0 amide bonds. The molecule has 0 unspecified atom stereocenters. The van der Waals surface area contributed by atoms with Gasteiger partial charge >= 0.3 is 0 Å². The summed E-state index contributed by atoms with van der Waals surface area (Å²) in [6.45, 7) is 11.5. The number of allylic oxidation sites excluding steroid dienone is 2. The topological polar surface area (TPSA) is 35.6 Å². The quantitative estimate of drug-likeness (QED) is 0.546. The van der Waals surface area contributed by atoms with Crippen molar-refractivity contribution in [1.82, 2.24) is 19.6 Å². The maximum atomic E-state index is 4.32. The minimum absolute atomic E-state index is 0.895. The lowest BCUT2D eigenvalue weighted by Gasteiger charge is -2.07. The highest BCUT2D eigenvalue weighted by Gasteiger charge is 2.08. The molecule has 2 aromatic carbocycles. The maximum Gasteiger partial charge on any atom is 0.0940 e. The number of hydrogen-bond donors (Lipinski definition) is 0. The van der Waals surface area contributed by atoms with E-state index in [4.69, 9.17) is 0 Å². The van der Waals surface area contributed by atoms with E-state index >= 15 is 0 Å². The Bertz CT molecular complexity index is 1290. The molecule has 0 radical (unpaired) electrons. The van der Waals surface area contributed by atoms with Gasteiger partial charge in [-0.15, -0.1) is 5.10 Å². The van der Waals surface area contributed by atoms with Crippen molar-refractivity contribution >= 4 is 29.3 Å². The van der Waals surface area contributed by atoms with Crippen LogP contribution in [0, 0.1) is 6.92 Å². The van der Waals surface area contributed by atoms with Crippen molar-refractivity contribution in [3.05, 3.63) is 76.9 Å². The summed E-state index contributed by atoms with van der Waals surface area (Å²) < 4.78 is 4.18. The number of fused-ring (bicyclic) bond motifs is 1. The van der Waals surface area contributed by atoms with Gasteiger partial charge in [-0.25, -0.2) is 4.68 Å². The molecule has 0 aliphatic rings. The lowest BCUT2D eigenvalue weighted by molar-refractivity contribution is 0.771. The highest BCUT2D eigenvalue weighted by Crippen LogP contribution is 2.21. The first-order chi connectivity index (χ1) is 13.6. The number of rotatable bonds is 4. The highest BCUT2D eigenvalue weighted by atomic mass is 15.4. The Balaban J connectivity index is 1.82. The molecule has 4 heteroatoms. The average molecular weight is 368 g/mol. The standard InChI is InChI=1S/C24H24N4/c1-5-27-22(19(4)21-11-6-7-12-23(21)27)14-13-18(3)28-24(16-25-26-28)20-10-8-9-17(2)15-20/h6-16H,4-5H2,1-3H3/b18-13+,22-14+. The van der Waals surface area contributed by atoms with Gasteiger partial charge in [0.1, 0.15) is 0 Å². The van der Waals surface area contributed by atoms with Crippen LogP contribution in [0.15, 0.2) is 60.8 Å². The molecule has 0 fully saturated rings. The number of aryl methyl sites for hydroxylation is 2. The predicted molar refractivity (Wildman–Crippen MR) is 117 cm³/mol. The molecule has 0 aliphatic heterocycles. The SMILES string of the molecule is C=c1/c(=C\C=C(/C)n2nncc2-c2cccc(C)c2)n(CC)c2ccccc12. The molecule has 2 aromatic heterocycles. The van der Waals surface area contributed by atoms with E-state index in [-0.39, 0.29) is 0 Å². The first kappa shape index (κ1) is 18.0. The fourth-order valence-electron chi connectivity index (χ4n) is 3.69. The second-order valence-corrected chi connectivity index (χ2v) is 7.00. The smallest absolute Gasteiger partial charge is 0.0940 e. The van der Waals surface area contributed by atoms with E-state index in [2.05, 4.69) is 96.0 Å². The fourth-order valence-corrected chi connectivity index (χ4v) is 3.69. The van der Waals surface area contributed by atoms with Gasteiger partial charge in [0, 0.05) is 39.3 Å². The first-order valence-corrected chi connectivity index (χ1v) is 9.53. The number of benzene rings is 2. The van der Waals surface area contributed by atoms with Gasteiger partial charge in [-0.3, -0.25) is 0 Å². The van der Waals surface area contributed by atoms with Crippen LogP contribution in [0.25, 0.3) is 40.5 Å². The Morgan fingerprint density at radius 2 is 1.96 bits per heavy atom. The van der Waals surface area contributed by atoms with Gasteiger partial charge in [-0.05, 0) is 45.1 Å². The van der Waals surface area contributed by atoms with Crippen molar-refractivity contribution < 1.29 is 0 Å². The number of hydrogen-bond acceptors (Lipinski definition) is 2. The largest absolute Gasteiger partial charge is 0.341 e. The van der Waals surface area contributed by atoms with Crippen molar-refractivity contribution in [2.75, 3.05) is 0 Å². The monoisotopic (exact) mass is 368 g/mol. The minimum atomic E-state index is 0.895. The molecule has 4 rings (SSSR count). The van der Waals surface area contributed by atoms with Crippen LogP contribution in [0.1, 0.15) is 19.4 Å². The van der Waals surface area contributed by atoms with Gasteiger partial charge in [0.25, 0.3) is 0 Å². The summed E-state index contributed by atoms with van der Waals surface area (Å²) in [4.78, 5) is 0. The molecule has 0 aliphatic carbocycles. The van der Waals surface area contributed by atoms with Crippen LogP contribution in [0.2, 0.25) is 0 Å². The van der Waals surface area contributed by atoms with Crippen molar-refractivity contribution in [2.45, 2.75) is 27.3 Å². The van der Waals surface area contributed by atoms with E-state index in [9.17, 15) is 0 Å². The van der Waals surface area contributed by atoms with Crippen LogP contribution in [0.3, 0.4) is 0 Å². The van der Waals surface area contributed by atoms with E-state index in [1.807, 2.05) is 17.8 Å². The third-order valence-electron chi connectivity index (χ3n) is 5.12. The molecule has 0 saturated carbocycles. The zero-order valence-electron chi connectivity index (χ0n) is 16.6. The van der Waals surface area contributed by atoms with E-state index < -0.39 is 0 Å². The van der Waals surface area contributed by atoms with Crippen LogP contribution in [0.4, 0.5) is 0 Å². The Kier molecular flexibility index (Phi) is 4.70. The molecule has 4 nitrogen and oxygen atoms in total. The first-order valence-electron chi connectivity index (χ1n) is 9.53. The van der Waals surface area contributed by atoms with Gasteiger partial charge in [0.2, 0.25) is 0 Å². The average Bonchev–Trinajstić information content (AvgIpc) is 3.30. The summed E-state index contributed by atoms with van der Waals surface area (Å²) in [6, 6.07) is 16.8. The van der Waals surface area contributed by atoms with Crippen molar-refractivity contribution in [3.63, 3.8) is 0 Å². The Morgan fingerprint density at radius 1 is 1.14 bits per heavy atom. The molecule has 0 spiro atoms. The number of nitrogens with zero attached hydrogens (tertiary/aromatic N) is 4. The fraction of sp³-hybridized carbons (Fsp3) is 0.167. The Labute approximate surface area is 164 Å². The maximum absolute atomic E-state index is 4.32. The van der Waals surface area contributed by atoms with Gasteiger partial charge in [-0.1, -0.05) is 53.8 Å². The van der Waals surface area contributed by atoms with Gasteiger partial charge in [-0.2, -0.15) is 0 Å². The molecule has 0 bridgehead atoms. The molecule has 0 N–H and O–H groups in total. The second-order valence-electron chi connectivity index (χ2n) is 7.00. The van der Waals surface area contributed by atoms with Gasteiger partial charge in [0.05, 0.1) is 11.9 Å². The second kappa shape index (κ2) is 7.31. The predicted octanol–water partition coefficient (Wildman–Crippen LogP) is 3.98. The van der Waals surface area contributed by atoms with Gasteiger partial charge in [0.15, 0.2) is 0 Å². The lowest BCUT2D eigenvalue weighted by Crippen LogP contribution is -2.27. The zero-order valence-corrected chi connectivity index (χ0v) is 16.6. The van der Waals surface area contributed by atoms with Crippen LogP contribution in [0.5, 0.6) is 0 Å². The number of para-hydroxylation sites is 1. The normalized spacial score (nSPS) is 12.8. The van der Waals surface area contributed by atoms with Crippen molar-refractivity contribution in [1.29, 1.82) is 0 Å². The van der Waals surface area contributed by atoms with E-state index in [1.54, 1.807) is 0 Å². The summed E-state index contributed by atoms with van der Waals surface area (Å²) >= 11 is 0. The van der Waals surface area contributed by atoms with Crippen LogP contribution < -0.4 is 10.6 Å². The molecular weight excluding hydrogens is 344 g/mol. The molecule has 140 valence electrons. The third kappa shape index (κ3) is 3.07. The summed E-state index contributed by atoms with van der Waals surface area (Å²) in [5.74, 6) is 0. The third-order valence-corrected chi connectivity index (χ3v) is 5.12. The lowest BCUT2D eigenvalue weighted by atomic mass is 10.1. The molecule has 2 heterocycles. The van der Waals surface area contributed by atoms with E-state index in [0.29, 0.717) is 0 Å². The van der Waals surface area contributed by atoms with Gasteiger partial charge < -0.3 is 4.57 Å². The molecule has 0 saturated heterocycles. The summed E-state index contributed by atoms with van der Waals surface area (Å²) in [5.41, 5.74) is 5.53. The number of aromatic nitrogens is 4. The summed E-state index contributed by atoms with van der Waals surface area (Å²) in [6.07, 6.45) is 6.02. The van der Waals surface area contributed by atoms with Crippen molar-refractivity contribution in [3.8, 4) is 11.3 Å².